The summed E-state index contributed by atoms with van der Waals surface area (Å²) >= 11 is 1.52. The summed E-state index contributed by atoms with van der Waals surface area (Å²) in [7, 11) is 1.65. The Hall–Kier alpha value is -1.82. The average Bonchev–Trinajstić information content (AvgIpc) is 2.87. The number of aromatic nitrogens is 1. The molecule has 1 aromatic heterocycles. The molecule has 1 fully saturated rings. The fourth-order valence-corrected chi connectivity index (χ4v) is 3.95. The van der Waals surface area contributed by atoms with Crippen LogP contribution in [0.4, 0.5) is 5.13 Å². The smallest absolute Gasteiger partial charge is 0.219 e. The third-order valence-corrected chi connectivity index (χ3v) is 5.09. The summed E-state index contributed by atoms with van der Waals surface area (Å²) in [6, 6.07) is 4.08. The largest absolute Gasteiger partial charge is 0.494 e. The number of amides is 1. The number of methoxy groups -OCH3 is 1. The Morgan fingerprint density at radius 3 is 2.76 bits per heavy atom. The molecule has 0 unspecified atom stereocenters. The van der Waals surface area contributed by atoms with Gasteiger partial charge < -0.3 is 15.4 Å². The molecule has 1 saturated heterocycles. The summed E-state index contributed by atoms with van der Waals surface area (Å²) in [5, 5.41) is 0.567. The SMILES string of the molecule is COc1ccc(C2CCN(C(C)=O)CC2)c2sc(N)nc12. The van der Waals surface area contributed by atoms with Gasteiger partial charge in [-0.1, -0.05) is 17.4 Å². The Morgan fingerprint density at radius 2 is 2.14 bits per heavy atom. The lowest BCUT2D eigenvalue weighted by Gasteiger charge is -2.31. The van der Waals surface area contributed by atoms with E-state index in [9.17, 15) is 4.79 Å². The zero-order valence-electron chi connectivity index (χ0n) is 12.3. The Bertz CT molecular complexity index is 675. The molecule has 5 nitrogen and oxygen atoms in total. The summed E-state index contributed by atoms with van der Waals surface area (Å²) in [6.45, 7) is 3.28. The highest BCUT2D eigenvalue weighted by molar-refractivity contribution is 7.22. The summed E-state index contributed by atoms with van der Waals surface area (Å²) < 4.78 is 6.49. The molecule has 2 heterocycles. The fourth-order valence-electron chi connectivity index (χ4n) is 3.01. The maximum atomic E-state index is 11.4. The van der Waals surface area contributed by atoms with Crippen molar-refractivity contribution in [3.63, 3.8) is 0 Å². The molecule has 0 spiro atoms. The molecule has 112 valence electrons. The number of carbonyl (C=O) groups excluding carboxylic acids is 1. The Morgan fingerprint density at radius 1 is 1.43 bits per heavy atom. The van der Waals surface area contributed by atoms with Crippen LogP contribution in [0.15, 0.2) is 12.1 Å². The van der Waals surface area contributed by atoms with Gasteiger partial charge in [0.05, 0.1) is 11.8 Å². The molecule has 3 rings (SSSR count). The minimum atomic E-state index is 0.162. The van der Waals surface area contributed by atoms with Crippen molar-refractivity contribution < 1.29 is 9.53 Å². The first-order valence-electron chi connectivity index (χ1n) is 7.08. The first-order chi connectivity index (χ1) is 10.1. The topological polar surface area (TPSA) is 68.5 Å². The molecule has 0 radical (unpaired) electrons. The molecule has 0 atom stereocenters. The maximum absolute atomic E-state index is 11.4. The van der Waals surface area contributed by atoms with Crippen molar-refractivity contribution >= 4 is 32.6 Å². The zero-order valence-corrected chi connectivity index (χ0v) is 13.1. The van der Waals surface area contributed by atoms with E-state index >= 15 is 0 Å². The van der Waals surface area contributed by atoms with Crippen molar-refractivity contribution in [2.75, 3.05) is 25.9 Å². The van der Waals surface area contributed by atoms with E-state index in [1.807, 2.05) is 11.0 Å². The van der Waals surface area contributed by atoms with Crippen molar-refractivity contribution in [1.82, 2.24) is 9.88 Å². The van der Waals surface area contributed by atoms with Gasteiger partial charge in [0.2, 0.25) is 5.91 Å². The van der Waals surface area contributed by atoms with Crippen LogP contribution < -0.4 is 10.5 Å². The van der Waals surface area contributed by atoms with Crippen molar-refractivity contribution in [3.05, 3.63) is 17.7 Å². The van der Waals surface area contributed by atoms with Gasteiger partial charge in [0.25, 0.3) is 0 Å². The van der Waals surface area contributed by atoms with Gasteiger partial charge >= 0.3 is 0 Å². The highest BCUT2D eigenvalue weighted by atomic mass is 32.1. The van der Waals surface area contributed by atoms with E-state index in [1.54, 1.807) is 14.0 Å². The lowest BCUT2D eigenvalue weighted by atomic mass is 9.89. The van der Waals surface area contributed by atoms with Gasteiger partial charge in [0.15, 0.2) is 5.13 Å². The van der Waals surface area contributed by atoms with Gasteiger partial charge in [-0.25, -0.2) is 4.98 Å². The third-order valence-electron chi connectivity index (χ3n) is 4.15. The number of nitrogens with zero attached hydrogens (tertiary/aromatic N) is 2. The molecule has 1 aromatic carbocycles. The second-order valence-electron chi connectivity index (χ2n) is 5.37. The highest BCUT2D eigenvalue weighted by Gasteiger charge is 2.25. The van der Waals surface area contributed by atoms with Gasteiger partial charge in [0, 0.05) is 20.0 Å². The predicted molar refractivity (Wildman–Crippen MR) is 84.8 cm³/mol. The molecule has 1 amide bonds. The number of carbonyl (C=O) groups is 1. The number of piperidine rings is 1. The first-order valence-corrected chi connectivity index (χ1v) is 7.90. The molecule has 1 aliphatic rings. The standard InChI is InChI=1S/C15H19N3O2S/c1-9(19)18-7-5-10(6-8-18)11-3-4-12(20-2)13-14(11)21-15(16)17-13/h3-4,10H,5-8H2,1-2H3,(H2,16,17). The van der Waals surface area contributed by atoms with Crippen molar-refractivity contribution in [2.24, 2.45) is 0 Å². The molecular formula is C15H19N3O2S. The maximum Gasteiger partial charge on any atom is 0.219 e. The highest BCUT2D eigenvalue weighted by Crippen LogP contribution is 2.40. The minimum Gasteiger partial charge on any atom is -0.494 e. The van der Waals surface area contributed by atoms with Crippen LogP contribution in [-0.4, -0.2) is 36.0 Å². The quantitative estimate of drug-likeness (QED) is 0.926. The van der Waals surface area contributed by atoms with Gasteiger partial charge in [-0.15, -0.1) is 0 Å². The summed E-state index contributed by atoms with van der Waals surface area (Å²) in [5.41, 5.74) is 8.01. The summed E-state index contributed by atoms with van der Waals surface area (Å²) in [5.74, 6) is 1.38. The Labute approximate surface area is 127 Å². The number of benzene rings is 1. The van der Waals surface area contributed by atoms with Crippen LogP contribution in [0.2, 0.25) is 0 Å². The number of anilines is 1. The van der Waals surface area contributed by atoms with Crippen LogP contribution >= 0.6 is 11.3 Å². The molecule has 0 aliphatic carbocycles. The third kappa shape index (κ3) is 2.55. The number of nitrogen functional groups attached to an aromatic ring is 1. The number of rotatable bonds is 2. The fraction of sp³-hybridized carbons (Fsp3) is 0.467. The van der Waals surface area contributed by atoms with Crippen LogP contribution in [0.25, 0.3) is 10.2 Å². The Kier molecular flexibility index (Phi) is 3.71. The Balaban J connectivity index is 1.93. The monoisotopic (exact) mass is 305 g/mol. The average molecular weight is 305 g/mol. The summed E-state index contributed by atoms with van der Waals surface area (Å²) in [6.07, 6.45) is 1.97. The molecule has 6 heteroatoms. The van der Waals surface area contributed by atoms with E-state index in [0.29, 0.717) is 11.0 Å². The lowest BCUT2D eigenvalue weighted by Crippen LogP contribution is -2.36. The number of hydrogen-bond donors (Lipinski definition) is 1. The van der Waals surface area contributed by atoms with Gasteiger partial charge in [0.1, 0.15) is 11.3 Å². The van der Waals surface area contributed by atoms with Gasteiger partial charge in [-0.2, -0.15) is 0 Å². The molecule has 21 heavy (non-hydrogen) atoms. The number of nitrogens with two attached hydrogens (primary N) is 1. The second-order valence-corrected chi connectivity index (χ2v) is 6.40. The number of thiazole rings is 1. The number of likely N-dealkylation sites (tertiary alicyclic amines) is 1. The van der Waals surface area contributed by atoms with E-state index in [4.69, 9.17) is 10.5 Å². The predicted octanol–water partition coefficient (Wildman–Crippen LogP) is 2.61. The minimum absolute atomic E-state index is 0.162. The number of fused-ring (bicyclic) bond motifs is 1. The van der Waals surface area contributed by atoms with Gasteiger partial charge in [-0.3, -0.25) is 4.79 Å². The molecule has 2 N–H and O–H groups in total. The lowest BCUT2D eigenvalue weighted by molar-refractivity contribution is -0.129. The number of ether oxygens (including phenoxy) is 1. The van der Waals surface area contributed by atoms with Crippen LogP contribution in [0.3, 0.4) is 0 Å². The molecule has 2 aromatic rings. The molecule has 0 saturated carbocycles. The van der Waals surface area contributed by atoms with Crippen LogP contribution in [0, 0.1) is 0 Å². The van der Waals surface area contributed by atoms with E-state index < -0.39 is 0 Å². The van der Waals surface area contributed by atoms with Crippen molar-refractivity contribution in [2.45, 2.75) is 25.7 Å². The summed E-state index contributed by atoms with van der Waals surface area (Å²) in [4.78, 5) is 17.7. The second kappa shape index (κ2) is 5.52. The van der Waals surface area contributed by atoms with E-state index in [2.05, 4.69) is 11.1 Å². The normalized spacial score (nSPS) is 16.4. The zero-order chi connectivity index (χ0) is 15.0. The van der Waals surface area contributed by atoms with Crippen molar-refractivity contribution in [1.29, 1.82) is 0 Å². The molecule has 0 bridgehead atoms. The van der Waals surface area contributed by atoms with Crippen LogP contribution in [0.5, 0.6) is 5.75 Å². The van der Waals surface area contributed by atoms with E-state index in [-0.39, 0.29) is 5.91 Å². The van der Waals surface area contributed by atoms with E-state index in [1.165, 1.54) is 16.9 Å². The van der Waals surface area contributed by atoms with Crippen LogP contribution in [-0.2, 0) is 4.79 Å². The first kappa shape index (κ1) is 14.1. The number of hydrogen-bond acceptors (Lipinski definition) is 5. The molecular weight excluding hydrogens is 286 g/mol. The van der Waals surface area contributed by atoms with Crippen molar-refractivity contribution in [3.8, 4) is 5.75 Å². The van der Waals surface area contributed by atoms with Gasteiger partial charge in [-0.05, 0) is 30.4 Å². The molecule has 1 aliphatic heterocycles. The van der Waals surface area contributed by atoms with E-state index in [0.717, 1.165) is 41.9 Å². The van der Waals surface area contributed by atoms with Crippen LogP contribution in [0.1, 0.15) is 31.2 Å².